The number of aromatic nitrogens is 1. The van der Waals surface area contributed by atoms with Crippen LogP contribution in [0.25, 0.3) is 0 Å². The third-order valence-electron chi connectivity index (χ3n) is 3.55. The predicted octanol–water partition coefficient (Wildman–Crippen LogP) is 1.38. The van der Waals surface area contributed by atoms with Crippen molar-refractivity contribution >= 4 is 11.9 Å². The highest BCUT2D eigenvalue weighted by Crippen LogP contribution is 2.26. The summed E-state index contributed by atoms with van der Waals surface area (Å²) in [5, 5.41) is 11.8. The van der Waals surface area contributed by atoms with E-state index in [9.17, 15) is 9.59 Å². The van der Waals surface area contributed by atoms with Crippen LogP contribution >= 0.6 is 0 Å². The number of aliphatic carboxylic acids is 1. The normalized spacial score (nSPS) is 21.5. The highest BCUT2D eigenvalue weighted by atomic mass is 16.5. The van der Waals surface area contributed by atoms with E-state index in [1.165, 1.54) is 7.11 Å². The molecule has 0 saturated heterocycles. The van der Waals surface area contributed by atoms with Crippen LogP contribution in [0.2, 0.25) is 0 Å². The second-order valence-corrected chi connectivity index (χ2v) is 5.03. The van der Waals surface area contributed by atoms with E-state index in [0.717, 1.165) is 5.69 Å². The SMILES string of the molecule is COc1nc(C)ccc1C(=O)N[C@@H]1CC[C@H](C(=O)O)C1. The first-order valence-corrected chi connectivity index (χ1v) is 6.56. The highest BCUT2D eigenvalue weighted by Gasteiger charge is 2.31. The summed E-state index contributed by atoms with van der Waals surface area (Å²) >= 11 is 0. The number of methoxy groups -OCH3 is 1. The summed E-state index contributed by atoms with van der Waals surface area (Å²) in [6, 6.07) is 3.31. The molecule has 0 spiro atoms. The number of aryl methyl sites for hydroxylation is 1. The fourth-order valence-corrected chi connectivity index (χ4v) is 2.46. The van der Waals surface area contributed by atoms with Crippen LogP contribution in [0.3, 0.4) is 0 Å². The minimum atomic E-state index is -0.795. The molecule has 1 saturated carbocycles. The van der Waals surface area contributed by atoms with E-state index in [1.807, 2.05) is 6.92 Å². The lowest BCUT2D eigenvalue weighted by Crippen LogP contribution is -2.33. The number of rotatable bonds is 4. The van der Waals surface area contributed by atoms with E-state index in [0.29, 0.717) is 24.8 Å². The Balaban J connectivity index is 2.04. The van der Waals surface area contributed by atoms with Crippen molar-refractivity contribution in [3.63, 3.8) is 0 Å². The van der Waals surface area contributed by atoms with Gasteiger partial charge in [-0.2, -0.15) is 0 Å². The van der Waals surface area contributed by atoms with Gasteiger partial charge in [0.05, 0.1) is 13.0 Å². The van der Waals surface area contributed by atoms with E-state index >= 15 is 0 Å². The number of hydrogen-bond donors (Lipinski definition) is 2. The van der Waals surface area contributed by atoms with Crippen LogP contribution in [0.15, 0.2) is 12.1 Å². The standard InChI is InChI=1S/C14H18N2O4/c1-8-3-6-11(13(15-8)20-2)12(17)16-10-5-4-9(7-10)14(18)19/h3,6,9-10H,4-5,7H2,1-2H3,(H,16,17)(H,18,19)/t9-,10+/m0/s1. The molecule has 0 unspecified atom stereocenters. The van der Waals surface area contributed by atoms with Crippen molar-refractivity contribution in [1.82, 2.24) is 10.3 Å². The van der Waals surface area contributed by atoms with Crippen molar-refractivity contribution in [1.29, 1.82) is 0 Å². The number of hydrogen-bond acceptors (Lipinski definition) is 4. The lowest BCUT2D eigenvalue weighted by Gasteiger charge is -2.14. The molecular weight excluding hydrogens is 260 g/mol. The molecule has 6 nitrogen and oxygen atoms in total. The zero-order valence-corrected chi connectivity index (χ0v) is 11.5. The van der Waals surface area contributed by atoms with Gasteiger partial charge >= 0.3 is 5.97 Å². The van der Waals surface area contributed by atoms with Crippen molar-refractivity contribution in [2.24, 2.45) is 5.92 Å². The Morgan fingerprint density at radius 1 is 1.40 bits per heavy atom. The molecule has 1 heterocycles. The first-order valence-electron chi connectivity index (χ1n) is 6.56. The maximum absolute atomic E-state index is 12.2. The lowest BCUT2D eigenvalue weighted by molar-refractivity contribution is -0.141. The molecule has 2 rings (SSSR count). The number of nitrogens with zero attached hydrogens (tertiary/aromatic N) is 1. The quantitative estimate of drug-likeness (QED) is 0.868. The van der Waals surface area contributed by atoms with Gasteiger partial charge in [0.15, 0.2) is 0 Å². The predicted molar refractivity (Wildman–Crippen MR) is 71.8 cm³/mol. The van der Waals surface area contributed by atoms with Gasteiger partial charge in [0.25, 0.3) is 5.91 Å². The Morgan fingerprint density at radius 3 is 2.75 bits per heavy atom. The molecule has 20 heavy (non-hydrogen) atoms. The summed E-state index contributed by atoms with van der Waals surface area (Å²) in [5.41, 5.74) is 1.14. The summed E-state index contributed by atoms with van der Waals surface area (Å²) in [4.78, 5) is 27.2. The summed E-state index contributed by atoms with van der Waals surface area (Å²) in [7, 11) is 1.47. The van der Waals surface area contributed by atoms with Crippen LogP contribution in [-0.2, 0) is 4.79 Å². The molecule has 2 atom stereocenters. The number of carbonyl (C=O) groups excluding carboxylic acids is 1. The number of carboxylic acid groups (broad SMARTS) is 1. The summed E-state index contributed by atoms with van der Waals surface area (Å²) in [6.07, 6.45) is 1.76. The molecule has 1 aromatic rings. The molecule has 1 aliphatic carbocycles. The molecule has 0 bridgehead atoms. The Kier molecular flexibility index (Phi) is 4.22. The summed E-state index contributed by atoms with van der Waals surface area (Å²) < 4.78 is 5.11. The van der Waals surface area contributed by atoms with Gasteiger partial charge in [0.2, 0.25) is 5.88 Å². The molecule has 1 aromatic heterocycles. The Morgan fingerprint density at radius 2 is 2.15 bits per heavy atom. The summed E-state index contributed by atoms with van der Waals surface area (Å²) in [6.45, 7) is 1.82. The molecule has 1 amide bonds. The van der Waals surface area contributed by atoms with Gasteiger partial charge in [-0.05, 0) is 38.3 Å². The Labute approximate surface area is 117 Å². The fraction of sp³-hybridized carbons (Fsp3) is 0.500. The number of pyridine rings is 1. The molecular formula is C14H18N2O4. The molecule has 0 aromatic carbocycles. The van der Waals surface area contributed by atoms with E-state index in [-0.39, 0.29) is 23.7 Å². The minimum Gasteiger partial charge on any atom is -0.481 e. The maximum Gasteiger partial charge on any atom is 0.306 e. The zero-order valence-electron chi connectivity index (χ0n) is 11.5. The third-order valence-corrected chi connectivity index (χ3v) is 3.55. The van der Waals surface area contributed by atoms with Crippen molar-refractivity contribution in [3.05, 3.63) is 23.4 Å². The lowest BCUT2D eigenvalue weighted by atomic mass is 10.1. The second kappa shape index (κ2) is 5.90. The van der Waals surface area contributed by atoms with Gasteiger partial charge in [0, 0.05) is 11.7 Å². The van der Waals surface area contributed by atoms with Crippen molar-refractivity contribution in [2.45, 2.75) is 32.2 Å². The number of nitrogens with one attached hydrogen (secondary N) is 1. The first-order chi connectivity index (χ1) is 9.51. The first kappa shape index (κ1) is 14.3. The van der Waals surface area contributed by atoms with Crippen LogP contribution in [-0.4, -0.2) is 35.1 Å². The van der Waals surface area contributed by atoms with Gasteiger partial charge in [0.1, 0.15) is 5.56 Å². The fourth-order valence-electron chi connectivity index (χ4n) is 2.46. The van der Waals surface area contributed by atoms with E-state index in [2.05, 4.69) is 10.3 Å². The number of amides is 1. The van der Waals surface area contributed by atoms with Gasteiger partial charge in [-0.3, -0.25) is 9.59 Å². The van der Waals surface area contributed by atoms with Crippen LogP contribution in [0.5, 0.6) is 5.88 Å². The second-order valence-electron chi connectivity index (χ2n) is 5.03. The zero-order chi connectivity index (χ0) is 14.7. The van der Waals surface area contributed by atoms with Crippen molar-refractivity contribution < 1.29 is 19.4 Å². The molecule has 0 aliphatic heterocycles. The van der Waals surface area contributed by atoms with E-state index in [4.69, 9.17) is 9.84 Å². The minimum absolute atomic E-state index is 0.102. The van der Waals surface area contributed by atoms with Gasteiger partial charge in [-0.25, -0.2) is 4.98 Å². The van der Waals surface area contributed by atoms with E-state index < -0.39 is 5.97 Å². The van der Waals surface area contributed by atoms with Crippen molar-refractivity contribution in [3.8, 4) is 5.88 Å². The monoisotopic (exact) mass is 278 g/mol. The number of ether oxygens (including phenoxy) is 1. The largest absolute Gasteiger partial charge is 0.481 e. The maximum atomic E-state index is 12.2. The van der Waals surface area contributed by atoms with Gasteiger partial charge in [-0.15, -0.1) is 0 Å². The average Bonchev–Trinajstić information content (AvgIpc) is 2.87. The topological polar surface area (TPSA) is 88.5 Å². The highest BCUT2D eigenvalue weighted by molar-refractivity contribution is 5.96. The van der Waals surface area contributed by atoms with Crippen LogP contribution in [0, 0.1) is 12.8 Å². The van der Waals surface area contributed by atoms with Gasteiger partial charge < -0.3 is 15.2 Å². The van der Waals surface area contributed by atoms with Gasteiger partial charge in [-0.1, -0.05) is 0 Å². The molecule has 2 N–H and O–H groups in total. The molecule has 1 aliphatic rings. The average molecular weight is 278 g/mol. The third kappa shape index (κ3) is 3.07. The van der Waals surface area contributed by atoms with Crippen LogP contribution < -0.4 is 10.1 Å². The molecule has 1 fully saturated rings. The number of carboxylic acids is 1. The summed E-state index contributed by atoms with van der Waals surface area (Å²) in [5.74, 6) is -1.14. The van der Waals surface area contributed by atoms with Crippen LogP contribution in [0.4, 0.5) is 0 Å². The molecule has 0 radical (unpaired) electrons. The molecule has 6 heteroatoms. The Hall–Kier alpha value is -2.11. The Bertz CT molecular complexity index is 530. The smallest absolute Gasteiger partial charge is 0.306 e. The molecule has 108 valence electrons. The number of carbonyl (C=O) groups is 2. The van der Waals surface area contributed by atoms with Crippen molar-refractivity contribution in [2.75, 3.05) is 7.11 Å². The van der Waals surface area contributed by atoms with Crippen LogP contribution in [0.1, 0.15) is 35.3 Å². The van der Waals surface area contributed by atoms with E-state index in [1.54, 1.807) is 12.1 Å².